The highest BCUT2D eigenvalue weighted by molar-refractivity contribution is 8.13. The molecule has 0 aliphatic carbocycles. The van der Waals surface area contributed by atoms with Crippen molar-refractivity contribution in [2.24, 2.45) is 0 Å². The molecular formula is C20H24BNO3S. The van der Waals surface area contributed by atoms with Crippen LogP contribution in [0, 0.1) is 0 Å². The number of para-hydroxylation sites is 1. The van der Waals surface area contributed by atoms with Gasteiger partial charge in [0.05, 0.1) is 16.7 Å². The summed E-state index contributed by atoms with van der Waals surface area (Å²) in [6, 6.07) is 10.1. The van der Waals surface area contributed by atoms with Gasteiger partial charge in [-0.1, -0.05) is 36.0 Å². The van der Waals surface area contributed by atoms with Gasteiger partial charge in [-0.3, -0.25) is 9.78 Å². The Morgan fingerprint density at radius 3 is 2.50 bits per heavy atom. The second-order valence-electron chi connectivity index (χ2n) is 7.55. The number of carbonyl (C=O) groups is 1. The molecule has 0 amide bonds. The maximum absolute atomic E-state index is 11.5. The molecule has 0 radical (unpaired) electrons. The van der Waals surface area contributed by atoms with Crippen molar-refractivity contribution in [3.05, 3.63) is 47.6 Å². The Morgan fingerprint density at radius 2 is 1.85 bits per heavy atom. The van der Waals surface area contributed by atoms with Crippen molar-refractivity contribution in [3.63, 3.8) is 0 Å². The van der Waals surface area contributed by atoms with E-state index >= 15 is 0 Å². The van der Waals surface area contributed by atoms with Crippen LogP contribution in [0.15, 0.2) is 42.0 Å². The topological polar surface area (TPSA) is 48.4 Å². The van der Waals surface area contributed by atoms with Crippen molar-refractivity contribution < 1.29 is 14.1 Å². The van der Waals surface area contributed by atoms with E-state index in [2.05, 4.69) is 11.1 Å². The van der Waals surface area contributed by atoms with Gasteiger partial charge in [0.25, 0.3) is 0 Å². The first-order chi connectivity index (χ1) is 12.2. The monoisotopic (exact) mass is 369 g/mol. The molecule has 4 nitrogen and oxygen atoms in total. The predicted molar refractivity (Wildman–Crippen MR) is 109 cm³/mol. The van der Waals surface area contributed by atoms with Crippen LogP contribution in [0.4, 0.5) is 0 Å². The van der Waals surface area contributed by atoms with Gasteiger partial charge >= 0.3 is 7.12 Å². The molecule has 0 atom stereocenters. The molecule has 26 heavy (non-hydrogen) atoms. The fourth-order valence-corrected chi connectivity index (χ4v) is 3.33. The number of thioether (sulfide) groups is 1. The number of hydrogen-bond donors (Lipinski definition) is 0. The second-order valence-corrected chi connectivity index (χ2v) is 8.70. The van der Waals surface area contributed by atoms with E-state index in [1.54, 1.807) is 6.92 Å². The Morgan fingerprint density at radius 1 is 1.19 bits per heavy atom. The number of aromatic nitrogens is 1. The zero-order chi connectivity index (χ0) is 18.9. The van der Waals surface area contributed by atoms with Crippen molar-refractivity contribution in [3.8, 4) is 0 Å². The van der Waals surface area contributed by atoms with Gasteiger partial charge in [0.1, 0.15) is 0 Å². The molecule has 1 aliphatic heterocycles. The van der Waals surface area contributed by atoms with Crippen molar-refractivity contribution in [2.75, 3.05) is 5.75 Å². The van der Waals surface area contributed by atoms with Crippen LogP contribution in [0.2, 0.25) is 0 Å². The molecule has 136 valence electrons. The van der Waals surface area contributed by atoms with Crippen LogP contribution in [0.3, 0.4) is 0 Å². The van der Waals surface area contributed by atoms with E-state index in [0.29, 0.717) is 5.75 Å². The average molecular weight is 369 g/mol. The Bertz CT molecular complexity index is 847. The van der Waals surface area contributed by atoms with Crippen LogP contribution >= 0.6 is 11.8 Å². The number of pyridine rings is 1. The average Bonchev–Trinajstić information content (AvgIpc) is 2.79. The second kappa shape index (κ2) is 7.18. The molecule has 0 unspecified atom stereocenters. The number of hydrogen-bond acceptors (Lipinski definition) is 5. The van der Waals surface area contributed by atoms with Crippen LogP contribution in [0.25, 0.3) is 17.0 Å². The highest BCUT2D eigenvalue weighted by atomic mass is 32.2. The van der Waals surface area contributed by atoms with Crippen LogP contribution in [0.5, 0.6) is 0 Å². The summed E-state index contributed by atoms with van der Waals surface area (Å²) >= 11 is 1.26. The molecule has 1 saturated heterocycles. The summed E-state index contributed by atoms with van der Waals surface area (Å²) in [6.45, 7) is 9.69. The zero-order valence-corrected chi connectivity index (χ0v) is 16.7. The first-order valence-corrected chi connectivity index (χ1v) is 9.71. The van der Waals surface area contributed by atoms with E-state index in [4.69, 9.17) is 9.31 Å². The minimum Gasteiger partial charge on any atom is -0.400 e. The molecule has 0 bridgehead atoms. The standard InChI is InChI=1S/C20H24BNO3S/c1-14(23)26-13-17(21-24-19(2,3)20(4,5)25-21)11-15-10-16-8-6-7-9-18(16)22-12-15/h6-12H,13H2,1-5H3. The van der Waals surface area contributed by atoms with Gasteiger partial charge < -0.3 is 9.31 Å². The lowest BCUT2D eigenvalue weighted by Crippen LogP contribution is -2.41. The van der Waals surface area contributed by atoms with E-state index in [-0.39, 0.29) is 5.12 Å². The van der Waals surface area contributed by atoms with Gasteiger partial charge in [-0.05, 0) is 50.9 Å². The summed E-state index contributed by atoms with van der Waals surface area (Å²) in [4.78, 5) is 16.0. The number of rotatable bonds is 4. The quantitative estimate of drug-likeness (QED) is 0.741. The molecule has 1 aliphatic rings. The van der Waals surface area contributed by atoms with Crippen molar-refractivity contribution in [1.29, 1.82) is 0 Å². The highest BCUT2D eigenvalue weighted by Gasteiger charge is 2.52. The first kappa shape index (κ1) is 19.1. The van der Waals surface area contributed by atoms with Gasteiger partial charge in [-0.25, -0.2) is 0 Å². The van der Waals surface area contributed by atoms with Gasteiger partial charge in [0, 0.05) is 24.3 Å². The minimum absolute atomic E-state index is 0.0732. The molecule has 1 aromatic heterocycles. The normalized spacial score (nSPS) is 19.1. The third-order valence-electron chi connectivity index (χ3n) is 4.96. The van der Waals surface area contributed by atoms with Crippen LogP contribution in [-0.4, -0.2) is 34.2 Å². The van der Waals surface area contributed by atoms with Crippen molar-refractivity contribution in [1.82, 2.24) is 4.98 Å². The van der Waals surface area contributed by atoms with Gasteiger partial charge in [0.15, 0.2) is 5.12 Å². The molecule has 3 rings (SSSR count). The third-order valence-corrected chi connectivity index (χ3v) is 5.85. The summed E-state index contributed by atoms with van der Waals surface area (Å²) < 4.78 is 12.4. The molecule has 1 aromatic carbocycles. The Labute approximate surface area is 159 Å². The summed E-state index contributed by atoms with van der Waals surface area (Å²) in [6.07, 6.45) is 3.86. The van der Waals surface area contributed by atoms with Crippen molar-refractivity contribution >= 4 is 41.0 Å². The molecule has 0 N–H and O–H groups in total. The fourth-order valence-electron chi connectivity index (χ4n) is 2.74. The van der Waals surface area contributed by atoms with E-state index in [9.17, 15) is 4.79 Å². The lowest BCUT2D eigenvalue weighted by molar-refractivity contribution is -0.109. The van der Waals surface area contributed by atoms with Gasteiger partial charge in [-0.15, -0.1) is 0 Å². The first-order valence-electron chi connectivity index (χ1n) is 8.72. The predicted octanol–water partition coefficient (Wildman–Crippen LogP) is 4.53. The molecule has 0 saturated carbocycles. The van der Waals surface area contributed by atoms with E-state index in [0.717, 1.165) is 21.9 Å². The fraction of sp³-hybridized carbons (Fsp3) is 0.400. The Balaban J connectivity index is 1.94. The maximum atomic E-state index is 11.5. The number of benzene rings is 1. The Hall–Kier alpha value is -1.63. The van der Waals surface area contributed by atoms with Crippen molar-refractivity contribution in [2.45, 2.75) is 45.8 Å². The number of carbonyl (C=O) groups excluding carboxylic acids is 1. The smallest absolute Gasteiger partial charge is 0.400 e. The molecule has 6 heteroatoms. The summed E-state index contributed by atoms with van der Waals surface area (Å²) in [5.41, 5.74) is 2.02. The lowest BCUT2D eigenvalue weighted by Gasteiger charge is -2.32. The lowest BCUT2D eigenvalue weighted by atomic mass is 9.78. The molecule has 1 fully saturated rings. The zero-order valence-electron chi connectivity index (χ0n) is 15.9. The summed E-state index contributed by atoms with van der Waals surface area (Å²) in [5.74, 6) is 0.527. The minimum atomic E-state index is -0.474. The van der Waals surface area contributed by atoms with Gasteiger partial charge in [0.2, 0.25) is 0 Å². The summed E-state index contributed by atoms with van der Waals surface area (Å²) in [5, 5.41) is 1.15. The van der Waals surface area contributed by atoms with E-state index in [1.807, 2.05) is 64.2 Å². The largest absolute Gasteiger partial charge is 0.491 e. The molecule has 2 aromatic rings. The van der Waals surface area contributed by atoms with Crippen LogP contribution in [-0.2, 0) is 14.1 Å². The highest BCUT2D eigenvalue weighted by Crippen LogP contribution is 2.39. The van der Waals surface area contributed by atoms with E-state index in [1.165, 1.54) is 11.8 Å². The Kier molecular flexibility index (Phi) is 5.29. The van der Waals surface area contributed by atoms with Gasteiger partial charge in [-0.2, -0.15) is 0 Å². The third kappa shape index (κ3) is 4.03. The van der Waals surface area contributed by atoms with E-state index < -0.39 is 18.3 Å². The molecule has 0 spiro atoms. The molecule has 2 heterocycles. The van der Waals surface area contributed by atoms with Crippen LogP contribution in [0.1, 0.15) is 40.2 Å². The maximum Gasteiger partial charge on any atom is 0.491 e. The SMILES string of the molecule is CC(=O)SCC(=Cc1cnc2ccccc2c1)B1OC(C)(C)C(C)(C)O1. The number of nitrogens with zero attached hydrogens (tertiary/aromatic N) is 1. The summed E-state index contributed by atoms with van der Waals surface area (Å²) in [7, 11) is -0.474. The van der Waals surface area contributed by atoms with Crippen LogP contribution < -0.4 is 0 Å². The number of fused-ring (bicyclic) bond motifs is 1. The molecular weight excluding hydrogens is 345 g/mol.